The van der Waals surface area contributed by atoms with E-state index in [-0.39, 0.29) is 54.0 Å². The summed E-state index contributed by atoms with van der Waals surface area (Å²) in [6.07, 6.45) is 7.75. The number of nitrogens with zero attached hydrogens (tertiary/aromatic N) is 3. The van der Waals surface area contributed by atoms with Crippen molar-refractivity contribution in [1.29, 1.82) is 0 Å². The van der Waals surface area contributed by atoms with Crippen molar-refractivity contribution in [3.8, 4) is 0 Å². The molecule has 1 aromatic heterocycles. The molecular weight excluding hydrogens is 721 g/mol. The van der Waals surface area contributed by atoms with Gasteiger partial charge in [0.2, 0.25) is 5.91 Å². The summed E-state index contributed by atoms with van der Waals surface area (Å²) in [5.41, 5.74) is 5.81. The Kier molecular flexibility index (Phi) is 23.3. The second-order valence-corrected chi connectivity index (χ2v) is 16.6. The number of aldehydes is 2. The first-order chi connectivity index (χ1) is 25.5. The third-order valence-electron chi connectivity index (χ3n) is 10.1. The Bertz CT molecular complexity index is 1340. The normalized spacial score (nSPS) is 18.4. The summed E-state index contributed by atoms with van der Waals surface area (Å²) in [7, 11) is 9.19. The van der Waals surface area contributed by atoms with Crippen LogP contribution in [-0.2, 0) is 30.3 Å². The van der Waals surface area contributed by atoms with Crippen molar-refractivity contribution in [3.63, 3.8) is 0 Å². The van der Waals surface area contributed by atoms with Crippen LogP contribution in [0.3, 0.4) is 0 Å². The predicted octanol–water partition coefficient (Wildman–Crippen LogP) is 5.72. The zero-order chi connectivity index (χ0) is 41.0. The van der Waals surface area contributed by atoms with Crippen LogP contribution >= 0.6 is 23.6 Å². The van der Waals surface area contributed by atoms with Crippen molar-refractivity contribution in [3.05, 3.63) is 52.5 Å². The molecule has 3 rings (SSSR count). The molecule has 1 fully saturated rings. The fraction of sp³-hybridized carbons (Fsp3) is 0.683. The number of hydrogen-bond donors (Lipinski definition) is 3. The van der Waals surface area contributed by atoms with Crippen LogP contribution < -0.4 is 16.4 Å². The van der Waals surface area contributed by atoms with Gasteiger partial charge in [0.15, 0.2) is 0 Å². The fourth-order valence-electron chi connectivity index (χ4n) is 6.77. The van der Waals surface area contributed by atoms with Gasteiger partial charge in [0.25, 0.3) is 0 Å². The molecule has 1 aromatic carbocycles. The van der Waals surface area contributed by atoms with Crippen molar-refractivity contribution >= 4 is 47.0 Å². The summed E-state index contributed by atoms with van der Waals surface area (Å²) in [5, 5.41) is 9.77. The quantitative estimate of drug-likeness (QED) is 0.119. The third-order valence-corrected chi connectivity index (χ3v) is 11.4. The van der Waals surface area contributed by atoms with E-state index in [1.165, 1.54) is 18.4 Å². The van der Waals surface area contributed by atoms with E-state index in [0.29, 0.717) is 18.7 Å². The molecule has 1 saturated heterocycles. The van der Waals surface area contributed by atoms with E-state index in [2.05, 4.69) is 72.6 Å². The Balaban J connectivity index is 0.000000482. The van der Waals surface area contributed by atoms with Gasteiger partial charge in [-0.2, -0.15) is 0 Å². The van der Waals surface area contributed by atoms with E-state index < -0.39 is 5.54 Å². The van der Waals surface area contributed by atoms with Gasteiger partial charge in [-0.1, -0.05) is 83.6 Å². The highest BCUT2D eigenvalue weighted by atomic mass is 32.1. The van der Waals surface area contributed by atoms with Gasteiger partial charge < -0.3 is 45.2 Å². The highest BCUT2D eigenvalue weighted by Crippen LogP contribution is 2.27. The smallest absolute Gasteiger partial charge is 0.240 e. The van der Waals surface area contributed by atoms with Crippen LogP contribution in [0.4, 0.5) is 0 Å². The van der Waals surface area contributed by atoms with E-state index in [1.807, 2.05) is 38.5 Å². The lowest BCUT2D eigenvalue weighted by molar-refractivity contribution is -0.140. The number of hydrogen-bond acceptors (Lipinski definition) is 11. The molecule has 8 atom stereocenters. The highest BCUT2D eigenvalue weighted by molar-refractivity contribution is 7.80. The highest BCUT2D eigenvalue weighted by Gasteiger charge is 2.36. The van der Waals surface area contributed by atoms with Crippen LogP contribution in [0.1, 0.15) is 90.8 Å². The number of amides is 1. The lowest BCUT2D eigenvalue weighted by Crippen LogP contribution is -2.55. The van der Waals surface area contributed by atoms with Gasteiger partial charge in [0.1, 0.15) is 17.6 Å². The number of likely N-dealkylation sites (tertiary alicyclic amines) is 1. The number of nitrogens with two attached hydrogens (primary N) is 1. The number of rotatable bonds is 19. The molecule has 1 aliphatic rings. The number of thiazole rings is 1. The number of carbonyl (C=O) groups is 3. The molecule has 1 aliphatic heterocycles. The van der Waals surface area contributed by atoms with Gasteiger partial charge in [-0.25, -0.2) is 4.98 Å². The molecule has 0 aliphatic carbocycles. The number of benzene rings is 1. The molecule has 54 heavy (non-hydrogen) atoms. The first-order valence-electron chi connectivity index (χ1n) is 19.1. The summed E-state index contributed by atoms with van der Waals surface area (Å²) in [6.45, 7) is 14.8. The Morgan fingerprint density at radius 2 is 1.80 bits per heavy atom. The zero-order valence-corrected chi connectivity index (χ0v) is 36.5. The summed E-state index contributed by atoms with van der Waals surface area (Å²) in [4.78, 5) is 42.9. The summed E-state index contributed by atoms with van der Waals surface area (Å²) in [5.74, 6) is 0.655. The van der Waals surface area contributed by atoms with E-state index in [0.717, 1.165) is 35.7 Å². The average molecular weight is 791 g/mol. The van der Waals surface area contributed by atoms with Crippen molar-refractivity contribution < 1.29 is 23.9 Å². The second-order valence-electron chi connectivity index (χ2n) is 15.3. The van der Waals surface area contributed by atoms with Gasteiger partial charge in [0.05, 0.1) is 40.9 Å². The van der Waals surface area contributed by atoms with E-state index in [4.69, 9.17) is 27.4 Å². The van der Waals surface area contributed by atoms with Gasteiger partial charge in [-0.05, 0) is 71.1 Å². The van der Waals surface area contributed by atoms with Crippen molar-refractivity contribution in [1.82, 2.24) is 25.4 Å². The molecule has 0 spiro atoms. The lowest BCUT2D eigenvalue weighted by atomic mass is 9.90. The number of carbonyl (C=O) groups excluding carboxylic acids is 3. The van der Waals surface area contributed by atoms with Crippen LogP contribution in [0.5, 0.6) is 0 Å². The molecule has 306 valence electrons. The number of thiocarbonyl (C=S) groups is 1. The molecule has 4 N–H and O–H groups in total. The molecule has 1 amide bonds. The van der Waals surface area contributed by atoms with Crippen LogP contribution in [0.25, 0.3) is 0 Å². The third kappa shape index (κ3) is 16.2. The van der Waals surface area contributed by atoms with Crippen molar-refractivity contribution in [2.75, 3.05) is 41.9 Å². The van der Waals surface area contributed by atoms with Crippen LogP contribution in [0.15, 0.2) is 41.9 Å². The first-order valence-corrected chi connectivity index (χ1v) is 20.4. The second kappa shape index (κ2) is 25.5. The largest absolute Gasteiger partial charge is 0.379 e. The number of methoxy groups -OCH3 is 2. The Morgan fingerprint density at radius 1 is 1.17 bits per heavy atom. The Morgan fingerprint density at radius 3 is 2.22 bits per heavy atom. The van der Waals surface area contributed by atoms with Gasteiger partial charge in [-0.15, -0.1) is 11.3 Å². The molecule has 0 saturated carbocycles. The van der Waals surface area contributed by atoms with Crippen LogP contribution in [0.2, 0.25) is 0 Å². The standard InChI is InChI=1S/C21H29N3OS2.C16H32N2O3.C4H9NO/c1-15(19(25-3)18-10-7-12-24(18)2)20(26)23-17(21-22-11-13-27-21)14-16-8-5-4-6-9-16;1-8-12(4)15(13(21-7)9-10-19)18(6)16(20)14(17-5)11(2)3;1-4(2,5)3-6/h4-6,8-9,11,13,15,17-19H,7,10,12,14H2,1-3H3,(H,23,26);10-15,17H,8-9H2,1-7H3;3H,5H2,1-2H3. The summed E-state index contributed by atoms with van der Waals surface area (Å²) >= 11 is 7.50. The van der Waals surface area contributed by atoms with Gasteiger partial charge >= 0.3 is 0 Å². The van der Waals surface area contributed by atoms with Gasteiger partial charge in [-0.3, -0.25) is 4.79 Å². The molecule has 2 heterocycles. The van der Waals surface area contributed by atoms with E-state index in [9.17, 15) is 14.4 Å². The van der Waals surface area contributed by atoms with Crippen molar-refractivity contribution in [2.45, 2.75) is 122 Å². The molecule has 13 heteroatoms. The minimum atomic E-state index is -0.639. The van der Waals surface area contributed by atoms with Crippen molar-refractivity contribution in [2.24, 2.45) is 23.5 Å². The number of nitrogens with one attached hydrogen (secondary N) is 2. The molecule has 0 bridgehead atoms. The molecule has 0 radical (unpaired) electrons. The Labute approximate surface area is 335 Å². The van der Waals surface area contributed by atoms with Crippen LogP contribution in [0, 0.1) is 17.8 Å². The molecule has 8 unspecified atom stereocenters. The molecule has 11 nitrogen and oxygen atoms in total. The first kappa shape index (κ1) is 49.4. The number of ether oxygens (including phenoxy) is 2. The van der Waals surface area contributed by atoms with Gasteiger partial charge in [0, 0.05) is 51.2 Å². The minimum absolute atomic E-state index is 0.0470. The molecule has 2 aromatic rings. The predicted molar refractivity (Wildman–Crippen MR) is 226 cm³/mol. The number of aromatic nitrogens is 1. The topological polar surface area (TPSA) is 139 Å². The molecular formula is C41H70N6O5S2. The zero-order valence-electron chi connectivity index (χ0n) is 34.9. The van der Waals surface area contributed by atoms with E-state index in [1.54, 1.807) is 51.4 Å². The lowest BCUT2D eigenvalue weighted by Gasteiger charge is -2.39. The summed E-state index contributed by atoms with van der Waals surface area (Å²) < 4.78 is 11.4. The summed E-state index contributed by atoms with van der Waals surface area (Å²) in [6, 6.07) is 10.7. The Hall–Kier alpha value is -2.65. The maximum absolute atomic E-state index is 12.7. The minimum Gasteiger partial charge on any atom is -0.379 e. The fourth-order valence-corrected chi connectivity index (χ4v) is 7.74. The number of likely N-dealkylation sites (N-methyl/N-ethyl adjacent to an activating group) is 3. The monoisotopic (exact) mass is 790 g/mol. The average Bonchev–Trinajstić information content (AvgIpc) is 3.84. The van der Waals surface area contributed by atoms with Crippen LogP contribution in [-0.4, -0.2) is 116 Å². The maximum Gasteiger partial charge on any atom is 0.240 e. The van der Waals surface area contributed by atoms with E-state index >= 15 is 0 Å². The SMILES string of the molecule is CC(C)(N)C=O.CCC(C)C(C(CC=O)OC)N(C)C(=O)C(NC)C(C)C.COC(C(C)C(=S)NC(Cc1ccccc1)c1nccs1)C1CCCN1C. The maximum atomic E-state index is 12.7.